The lowest BCUT2D eigenvalue weighted by molar-refractivity contribution is 0.0952. The molecule has 0 fully saturated rings. The van der Waals surface area contributed by atoms with E-state index in [2.05, 4.69) is 17.1 Å². The second-order valence-corrected chi connectivity index (χ2v) is 4.79. The summed E-state index contributed by atoms with van der Waals surface area (Å²) >= 11 is 0. The number of ether oxygens (including phenoxy) is 1. The lowest BCUT2D eigenvalue weighted by Gasteiger charge is -2.11. The number of aryl methyl sites for hydroxylation is 1. The van der Waals surface area contributed by atoms with Gasteiger partial charge in [0.2, 0.25) is 0 Å². The lowest BCUT2D eigenvalue weighted by atomic mass is 10.1. The van der Waals surface area contributed by atoms with Crippen LogP contribution in [0.5, 0.6) is 5.75 Å². The first-order valence-corrected chi connectivity index (χ1v) is 6.68. The maximum absolute atomic E-state index is 12.0. The highest BCUT2D eigenvalue weighted by Gasteiger charge is 2.08. The zero-order chi connectivity index (χ0) is 14.3. The minimum Gasteiger partial charge on any atom is -0.496 e. The maximum Gasteiger partial charge on any atom is 0.251 e. The van der Waals surface area contributed by atoms with E-state index >= 15 is 0 Å². The van der Waals surface area contributed by atoms with Crippen molar-refractivity contribution in [2.45, 2.75) is 19.8 Å². The number of carbonyl (C=O) groups excluding carboxylic acids is 1. The Kier molecular flexibility index (Phi) is 6.36. The molecule has 0 heterocycles. The van der Waals surface area contributed by atoms with Crippen LogP contribution in [0.15, 0.2) is 18.2 Å². The topological polar surface area (TPSA) is 41.6 Å². The van der Waals surface area contributed by atoms with Gasteiger partial charge in [-0.05, 0) is 57.2 Å². The molecule has 4 heteroatoms. The molecule has 0 saturated carbocycles. The van der Waals surface area contributed by atoms with Gasteiger partial charge in [-0.3, -0.25) is 4.79 Å². The summed E-state index contributed by atoms with van der Waals surface area (Å²) in [5.41, 5.74) is 1.76. The van der Waals surface area contributed by atoms with E-state index < -0.39 is 0 Å². The third kappa shape index (κ3) is 4.91. The van der Waals surface area contributed by atoms with Crippen LogP contribution >= 0.6 is 0 Å². The number of hydrogen-bond donors (Lipinski definition) is 1. The zero-order valence-electron chi connectivity index (χ0n) is 12.3. The second-order valence-electron chi connectivity index (χ2n) is 4.79. The first-order chi connectivity index (χ1) is 9.08. The van der Waals surface area contributed by atoms with Gasteiger partial charge in [-0.2, -0.15) is 0 Å². The summed E-state index contributed by atoms with van der Waals surface area (Å²) in [7, 11) is 5.70. The van der Waals surface area contributed by atoms with Gasteiger partial charge < -0.3 is 15.0 Å². The highest BCUT2D eigenvalue weighted by molar-refractivity contribution is 5.94. The Morgan fingerprint density at radius 3 is 2.68 bits per heavy atom. The summed E-state index contributed by atoms with van der Waals surface area (Å²) in [5, 5.41) is 2.94. The van der Waals surface area contributed by atoms with Gasteiger partial charge in [0.05, 0.1) is 7.11 Å². The van der Waals surface area contributed by atoms with E-state index in [1.807, 2.05) is 26.2 Å². The van der Waals surface area contributed by atoms with Gasteiger partial charge in [0.25, 0.3) is 5.91 Å². The van der Waals surface area contributed by atoms with E-state index in [4.69, 9.17) is 4.74 Å². The summed E-state index contributed by atoms with van der Waals surface area (Å²) < 4.78 is 5.26. The van der Waals surface area contributed by atoms with Gasteiger partial charge in [-0.15, -0.1) is 0 Å². The normalized spacial score (nSPS) is 10.6. The molecule has 0 unspecified atom stereocenters. The number of carbonyl (C=O) groups is 1. The first-order valence-electron chi connectivity index (χ1n) is 6.68. The van der Waals surface area contributed by atoms with E-state index in [-0.39, 0.29) is 5.91 Å². The predicted molar refractivity (Wildman–Crippen MR) is 77.9 cm³/mol. The highest BCUT2D eigenvalue weighted by Crippen LogP contribution is 2.20. The van der Waals surface area contributed by atoms with E-state index in [0.717, 1.165) is 30.7 Å². The standard InChI is InChI=1S/C15H24N2O2/c1-5-12-11-13(7-8-14(12)19-4)15(18)16-9-6-10-17(2)3/h7-8,11H,5-6,9-10H2,1-4H3,(H,16,18). The van der Waals surface area contributed by atoms with Crippen LogP contribution in [0, 0.1) is 0 Å². The van der Waals surface area contributed by atoms with Crippen molar-refractivity contribution in [3.05, 3.63) is 29.3 Å². The van der Waals surface area contributed by atoms with Crippen LogP contribution < -0.4 is 10.1 Å². The third-order valence-corrected chi connectivity index (χ3v) is 2.99. The lowest BCUT2D eigenvalue weighted by Crippen LogP contribution is -2.27. The summed E-state index contributed by atoms with van der Waals surface area (Å²) in [5.74, 6) is 0.822. The Bertz CT molecular complexity index is 417. The summed E-state index contributed by atoms with van der Waals surface area (Å²) in [4.78, 5) is 14.1. The molecule has 0 aromatic heterocycles. The quantitative estimate of drug-likeness (QED) is 0.765. The number of amides is 1. The Hall–Kier alpha value is -1.55. The fourth-order valence-electron chi connectivity index (χ4n) is 1.90. The Labute approximate surface area is 115 Å². The Balaban J connectivity index is 2.57. The summed E-state index contributed by atoms with van der Waals surface area (Å²) in [6.45, 7) is 3.73. The molecule has 1 aromatic rings. The fourth-order valence-corrected chi connectivity index (χ4v) is 1.90. The average molecular weight is 264 g/mol. The van der Waals surface area contributed by atoms with E-state index in [1.165, 1.54) is 0 Å². The van der Waals surface area contributed by atoms with Crippen molar-refractivity contribution in [3.63, 3.8) is 0 Å². The molecule has 0 aliphatic carbocycles. The van der Waals surface area contributed by atoms with Crippen molar-refractivity contribution < 1.29 is 9.53 Å². The predicted octanol–water partition coefficient (Wildman–Crippen LogP) is 1.94. The molecule has 0 aliphatic heterocycles. The van der Waals surface area contributed by atoms with E-state index in [9.17, 15) is 4.79 Å². The molecule has 0 aliphatic rings. The highest BCUT2D eigenvalue weighted by atomic mass is 16.5. The van der Waals surface area contributed by atoms with Gasteiger partial charge in [0.1, 0.15) is 5.75 Å². The number of rotatable bonds is 7. The van der Waals surface area contributed by atoms with Gasteiger partial charge in [-0.25, -0.2) is 0 Å². The molecular weight excluding hydrogens is 240 g/mol. The van der Waals surface area contributed by atoms with Crippen LogP contribution in [0.3, 0.4) is 0 Å². The summed E-state index contributed by atoms with van der Waals surface area (Å²) in [6, 6.07) is 5.56. The van der Waals surface area contributed by atoms with Gasteiger partial charge in [-0.1, -0.05) is 6.92 Å². The summed E-state index contributed by atoms with van der Waals surface area (Å²) in [6.07, 6.45) is 1.81. The number of hydrogen-bond acceptors (Lipinski definition) is 3. The molecule has 0 spiro atoms. The molecule has 1 aromatic carbocycles. The van der Waals surface area contributed by atoms with Crippen molar-refractivity contribution in [3.8, 4) is 5.75 Å². The molecule has 0 bridgehead atoms. The first kappa shape index (κ1) is 15.5. The molecule has 1 N–H and O–H groups in total. The van der Waals surface area contributed by atoms with Crippen LogP contribution in [-0.2, 0) is 6.42 Å². The minimum absolute atomic E-state index is 0.0175. The number of nitrogens with zero attached hydrogens (tertiary/aromatic N) is 1. The van der Waals surface area contributed by atoms with Crippen LogP contribution in [0.2, 0.25) is 0 Å². The van der Waals surface area contributed by atoms with E-state index in [0.29, 0.717) is 12.1 Å². The fraction of sp³-hybridized carbons (Fsp3) is 0.533. The van der Waals surface area contributed by atoms with Gasteiger partial charge in [0, 0.05) is 12.1 Å². The molecule has 106 valence electrons. The number of nitrogens with one attached hydrogen (secondary N) is 1. The van der Waals surface area contributed by atoms with Crippen molar-refractivity contribution in [1.29, 1.82) is 0 Å². The zero-order valence-corrected chi connectivity index (χ0v) is 12.3. The molecular formula is C15H24N2O2. The molecule has 1 rings (SSSR count). The molecule has 4 nitrogen and oxygen atoms in total. The van der Waals surface area contributed by atoms with Crippen molar-refractivity contribution in [1.82, 2.24) is 10.2 Å². The minimum atomic E-state index is -0.0175. The largest absolute Gasteiger partial charge is 0.496 e. The van der Waals surface area contributed by atoms with Gasteiger partial charge >= 0.3 is 0 Å². The van der Waals surface area contributed by atoms with Crippen molar-refractivity contribution in [2.75, 3.05) is 34.3 Å². The smallest absolute Gasteiger partial charge is 0.251 e. The molecule has 19 heavy (non-hydrogen) atoms. The average Bonchev–Trinajstić information content (AvgIpc) is 2.42. The van der Waals surface area contributed by atoms with Gasteiger partial charge in [0.15, 0.2) is 0 Å². The Morgan fingerprint density at radius 2 is 2.11 bits per heavy atom. The Morgan fingerprint density at radius 1 is 1.37 bits per heavy atom. The number of methoxy groups -OCH3 is 1. The maximum atomic E-state index is 12.0. The van der Waals surface area contributed by atoms with Crippen molar-refractivity contribution in [2.24, 2.45) is 0 Å². The monoisotopic (exact) mass is 264 g/mol. The number of benzene rings is 1. The molecule has 0 atom stereocenters. The van der Waals surface area contributed by atoms with Crippen LogP contribution in [-0.4, -0.2) is 45.1 Å². The van der Waals surface area contributed by atoms with E-state index in [1.54, 1.807) is 13.2 Å². The molecule has 1 amide bonds. The third-order valence-electron chi connectivity index (χ3n) is 2.99. The molecule has 0 saturated heterocycles. The second kappa shape index (κ2) is 7.79. The van der Waals surface area contributed by atoms with Crippen LogP contribution in [0.4, 0.5) is 0 Å². The van der Waals surface area contributed by atoms with Crippen LogP contribution in [0.1, 0.15) is 29.3 Å². The van der Waals surface area contributed by atoms with Crippen LogP contribution in [0.25, 0.3) is 0 Å². The molecule has 0 radical (unpaired) electrons. The van der Waals surface area contributed by atoms with Crippen molar-refractivity contribution >= 4 is 5.91 Å². The SMILES string of the molecule is CCc1cc(C(=O)NCCCN(C)C)ccc1OC.